The van der Waals surface area contributed by atoms with Crippen molar-refractivity contribution in [3.05, 3.63) is 51.8 Å². The van der Waals surface area contributed by atoms with Gasteiger partial charge in [-0.2, -0.15) is 0 Å². The average Bonchev–Trinajstić information content (AvgIpc) is 3.08. The summed E-state index contributed by atoms with van der Waals surface area (Å²) in [6, 6.07) is 8.02. The van der Waals surface area contributed by atoms with Gasteiger partial charge in [-0.25, -0.2) is 9.37 Å². The van der Waals surface area contributed by atoms with Gasteiger partial charge in [-0.15, -0.1) is 0 Å². The Bertz CT molecular complexity index is 1230. The number of rotatable bonds is 4. The van der Waals surface area contributed by atoms with Crippen molar-refractivity contribution < 1.29 is 4.39 Å². The van der Waals surface area contributed by atoms with Gasteiger partial charge in [0.1, 0.15) is 11.3 Å². The van der Waals surface area contributed by atoms with Crippen LogP contribution in [0.5, 0.6) is 0 Å². The van der Waals surface area contributed by atoms with Crippen LogP contribution in [0.15, 0.2) is 24.3 Å². The molecular formula is C26H32ClFN6. The lowest BCUT2D eigenvalue weighted by Crippen LogP contribution is -2.71. The Balaban J connectivity index is 1.45. The number of aryl methyl sites for hydroxylation is 2. The highest BCUT2D eigenvalue weighted by molar-refractivity contribution is 6.31. The van der Waals surface area contributed by atoms with Gasteiger partial charge in [0.2, 0.25) is 5.95 Å². The van der Waals surface area contributed by atoms with Crippen molar-refractivity contribution in [3.63, 3.8) is 0 Å². The highest BCUT2D eigenvalue weighted by Gasteiger charge is 2.49. The second kappa shape index (κ2) is 8.11. The largest absolute Gasteiger partial charge is 0.367 e. The number of aromatic nitrogens is 2. The molecule has 1 aromatic heterocycles. The minimum absolute atomic E-state index is 0.123. The summed E-state index contributed by atoms with van der Waals surface area (Å²) in [5.41, 5.74) is 6.00. The summed E-state index contributed by atoms with van der Waals surface area (Å²) in [5.74, 6) is 0.867. The van der Waals surface area contributed by atoms with Gasteiger partial charge in [-0.1, -0.05) is 23.7 Å². The van der Waals surface area contributed by atoms with Crippen molar-refractivity contribution in [1.82, 2.24) is 19.8 Å². The van der Waals surface area contributed by atoms with Gasteiger partial charge in [0.05, 0.1) is 17.7 Å². The lowest BCUT2D eigenvalue weighted by Gasteiger charge is -2.56. The topological polar surface area (TPSA) is 39.6 Å². The zero-order chi connectivity index (χ0) is 23.6. The molecule has 6 nitrogen and oxygen atoms in total. The molecule has 0 saturated carbocycles. The van der Waals surface area contributed by atoms with Gasteiger partial charge in [0.25, 0.3) is 0 Å². The molecule has 1 spiro atoms. The molecule has 0 unspecified atom stereocenters. The zero-order valence-corrected chi connectivity index (χ0v) is 20.9. The normalized spacial score (nSPS) is 20.1. The number of fused-ring (bicyclic) bond motifs is 1. The predicted octanol–water partition coefficient (Wildman–Crippen LogP) is 3.66. The van der Waals surface area contributed by atoms with Crippen LogP contribution < -0.4 is 15.1 Å². The molecule has 1 N–H and O–H groups in total. The standard InChI is InChI=1S/C26H32ClFN6/c1-17-8-19(9-18(2)23(17)28)12-34-22-11-20(27)10-21(32-6-4-31(3)5-7-32)24(22)30-25(34)33-15-26(16-33)13-29-14-26/h8-11,29H,4-7,12-16H2,1-3H3. The molecule has 2 aromatic carbocycles. The van der Waals surface area contributed by atoms with Crippen molar-refractivity contribution in [2.45, 2.75) is 20.4 Å². The monoisotopic (exact) mass is 482 g/mol. The molecule has 0 aliphatic carbocycles. The summed E-state index contributed by atoms with van der Waals surface area (Å²) in [5, 5.41) is 4.15. The highest BCUT2D eigenvalue weighted by Crippen LogP contribution is 2.41. The lowest BCUT2D eigenvalue weighted by molar-refractivity contribution is 0.119. The Kier molecular flexibility index (Phi) is 5.28. The maximum atomic E-state index is 14.3. The van der Waals surface area contributed by atoms with Crippen LogP contribution in [0.25, 0.3) is 11.0 Å². The second-order valence-corrected chi connectivity index (χ2v) is 11.0. The molecule has 4 heterocycles. The molecule has 3 aromatic rings. The minimum Gasteiger partial charge on any atom is -0.367 e. The summed E-state index contributed by atoms with van der Waals surface area (Å²) < 4.78 is 16.6. The molecule has 0 amide bonds. The van der Waals surface area contributed by atoms with E-state index in [0.717, 1.165) is 85.6 Å². The van der Waals surface area contributed by atoms with E-state index in [-0.39, 0.29) is 5.82 Å². The fourth-order valence-corrected chi connectivity index (χ4v) is 5.97. The molecule has 0 atom stereocenters. The first kappa shape index (κ1) is 22.1. The predicted molar refractivity (Wildman–Crippen MR) is 137 cm³/mol. The van der Waals surface area contributed by atoms with Gasteiger partial charge in [0.15, 0.2) is 0 Å². The van der Waals surface area contributed by atoms with E-state index in [1.807, 2.05) is 32.0 Å². The minimum atomic E-state index is -0.123. The van der Waals surface area contributed by atoms with Gasteiger partial charge < -0.3 is 24.6 Å². The van der Waals surface area contributed by atoms with E-state index < -0.39 is 0 Å². The Morgan fingerprint density at radius 3 is 2.29 bits per heavy atom. The van der Waals surface area contributed by atoms with Crippen molar-refractivity contribution >= 4 is 34.3 Å². The lowest BCUT2D eigenvalue weighted by atomic mass is 9.75. The Morgan fingerprint density at radius 2 is 1.68 bits per heavy atom. The number of nitrogens with one attached hydrogen (secondary N) is 1. The number of hydrogen-bond acceptors (Lipinski definition) is 5. The van der Waals surface area contributed by atoms with Gasteiger partial charge in [-0.3, -0.25) is 0 Å². The first-order valence-corrected chi connectivity index (χ1v) is 12.5. The van der Waals surface area contributed by atoms with Crippen LogP contribution in [0.3, 0.4) is 0 Å². The van der Waals surface area contributed by atoms with E-state index in [1.54, 1.807) is 0 Å². The van der Waals surface area contributed by atoms with Crippen molar-refractivity contribution in [2.75, 3.05) is 69.2 Å². The molecule has 8 heteroatoms. The van der Waals surface area contributed by atoms with Gasteiger partial charge >= 0.3 is 0 Å². The van der Waals surface area contributed by atoms with E-state index >= 15 is 0 Å². The van der Waals surface area contributed by atoms with Crippen molar-refractivity contribution in [1.29, 1.82) is 0 Å². The van der Waals surface area contributed by atoms with Crippen LogP contribution in [-0.2, 0) is 6.54 Å². The van der Waals surface area contributed by atoms with Crippen molar-refractivity contribution in [3.8, 4) is 0 Å². The molecule has 3 aliphatic rings. The maximum absolute atomic E-state index is 14.3. The molecule has 3 fully saturated rings. The number of hydrogen-bond donors (Lipinski definition) is 1. The molecule has 3 aliphatic heterocycles. The Morgan fingerprint density at radius 1 is 1.00 bits per heavy atom. The van der Waals surface area contributed by atoms with E-state index in [0.29, 0.717) is 23.1 Å². The average molecular weight is 483 g/mol. The SMILES string of the molecule is Cc1cc(Cn2c(N3CC4(CNC4)C3)nc3c(N4CCN(C)CC4)cc(Cl)cc32)cc(C)c1F. The third kappa shape index (κ3) is 3.65. The van der Waals surface area contributed by atoms with Crippen LogP contribution in [0.4, 0.5) is 16.0 Å². The number of piperazine rings is 1. The third-order valence-electron chi connectivity index (χ3n) is 7.79. The van der Waals surface area contributed by atoms with E-state index in [4.69, 9.17) is 16.6 Å². The van der Waals surface area contributed by atoms with E-state index in [2.05, 4.69) is 37.7 Å². The Labute approximate surface area is 205 Å². The molecule has 0 radical (unpaired) electrons. The zero-order valence-electron chi connectivity index (χ0n) is 20.2. The third-order valence-corrected chi connectivity index (χ3v) is 8.01. The summed E-state index contributed by atoms with van der Waals surface area (Å²) in [6.45, 7) is 12.5. The van der Waals surface area contributed by atoms with Crippen LogP contribution in [0, 0.1) is 25.1 Å². The van der Waals surface area contributed by atoms with E-state index in [1.165, 1.54) is 0 Å². The molecule has 180 valence electrons. The molecule has 0 bridgehead atoms. The van der Waals surface area contributed by atoms with E-state index in [9.17, 15) is 4.39 Å². The van der Waals surface area contributed by atoms with Crippen LogP contribution >= 0.6 is 11.6 Å². The first-order chi connectivity index (χ1) is 16.3. The number of benzene rings is 2. The van der Waals surface area contributed by atoms with Crippen molar-refractivity contribution in [2.24, 2.45) is 5.41 Å². The van der Waals surface area contributed by atoms with Crippen LogP contribution in [0.2, 0.25) is 5.02 Å². The smallest absolute Gasteiger partial charge is 0.206 e. The molecule has 34 heavy (non-hydrogen) atoms. The summed E-state index contributed by atoms with van der Waals surface area (Å²) in [6.07, 6.45) is 0. The second-order valence-electron chi connectivity index (χ2n) is 10.6. The molecule has 6 rings (SSSR count). The number of anilines is 2. The van der Waals surface area contributed by atoms with Crippen LogP contribution in [0.1, 0.15) is 16.7 Å². The fraction of sp³-hybridized carbons (Fsp3) is 0.500. The Hall–Kier alpha value is -2.35. The fourth-order valence-electron chi connectivity index (χ4n) is 5.76. The number of halogens is 2. The number of imidazole rings is 1. The number of likely N-dealkylation sites (N-methyl/N-ethyl adjacent to an activating group) is 1. The quantitative estimate of drug-likeness (QED) is 0.614. The highest BCUT2D eigenvalue weighted by atomic mass is 35.5. The summed E-state index contributed by atoms with van der Waals surface area (Å²) >= 11 is 6.68. The molecular weight excluding hydrogens is 451 g/mol. The summed E-state index contributed by atoms with van der Waals surface area (Å²) in [4.78, 5) is 12.4. The van der Waals surface area contributed by atoms with Gasteiger partial charge in [-0.05, 0) is 49.7 Å². The summed E-state index contributed by atoms with van der Waals surface area (Å²) in [7, 11) is 2.17. The maximum Gasteiger partial charge on any atom is 0.206 e. The van der Waals surface area contributed by atoms with Gasteiger partial charge in [0, 0.05) is 62.8 Å². The van der Waals surface area contributed by atoms with Crippen LogP contribution in [-0.4, -0.2) is 73.9 Å². The molecule has 3 saturated heterocycles. The first-order valence-electron chi connectivity index (χ1n) is 12.2. The number of nitrogens with zero attached hydrogens (tertiary/aromatic N) is 5.